The van der Waals surface area contributed by atoms with Crippen LogP contribution in [0.15, 0.2) is 0 Å². The Morgan fingerprint density at radius 3 is 2.47 bits per heavy atom. The maximum Gasteiger partial charge on any atom is 0.236 e. The summed E-state index contributed by atoms with van der Waals surface area (Å²) in [6.45, 7) is 3.94. The molecule has 1 unspecified atom stereocenters. The maximum atomic E-state index is 11.6. The van der Waals surface area contributed by atoms with E-state index in [-0.39, 0.29) is 11.9 Å². The van der Waals surface area contributed by atoms with Crippen LogP contribution >= 0.6 is 0 Å². The number of nitrogens with two attached hydrogens (primary N) is 1. The molecule has 0 saturated carbocycles. The molecule has 0 aromatic heterocycles. The lowest BCUT2D eigenvalue weighted by atomic mass is 10.1. The van der Waals surface area contributed by atoms with Gasteiger partial charge in [-0.15, -0.1) is 0 Å². The van der Waals surface area contributed by atoms with E-state index in [1.165, 1.54) is 19.3 Å². The van der Waals surface area contributed by atoms with Crippen LogP contribution in [0.5, 0.6) is 0 Å². The second-order valence-electron chi connectivity index (χ2n) is 4.56. The predicted octanol–water partition coefficient (Wildman–Crippen LogP) is 1.40. The quantitative estimate of drug-likeness (QED) is 0.481. The van der Waals surface area contributed by atoms with Crippen LogP contribution in [0.1, 0.15) is 51.9 Å². The van der Waals surface area contributed by atoms with Crippen LogP contribution in [-0.4, -0.2) is 32.1 Å². The smallest absolute Gasteiger partial charge is 0.236 e. The minimum absolute atomic E-state index is 0.00551. The molecule has 0 aliphatic carbocycles. The highest BCUT2D eigenvalue weighted by atomic mass is 16.2. The molecule has 0 bridgehead atoms. The molecule has 1 amide bonds. The van der Waals surface area contributed by atoms with Crippen molar-refractivity contribution in [3.63, 3.8) is 0 Å². The van der Waals surface area contributed by atoms with Crippen molar-refractivity contribution in [1.29, 1.82) is 0 Å². The summed E-state index contributed by atoms with van der Waals surface area (Å²) in [6, 6.07) is -0.335. The van der Waals surface area contributed by atoms with Crippen molar-refractivity contribution < 1.29 is 4.79 Å². The largest absolute Gasteiger partial charge is 0.355 e. The molecule has 0 aliphatic heterocycles. The fraction of sp³-hybridized carbons (Fsp3) is 0.923. The van der Waals surface area contributed by atoms with Crippen LogP contribution < -0.4 is 16.4 Å². The Balaban J connectivity index is 3.40. The van der Waals surface area contributed by atoms with Crippen molar-refractivity contribution >= 4 is 5.91 Å². The third-order valence-electron chi connectivity index (χ3n) is 2.86. The molecule has 0 heterocycles. The molecular formula is C13H29N3O. The number of unbranched alkanes of at least 4 members (excludes halogenated alkanes) is 4. The van der Waals surface area contributed by atoms with Gasteiger partial charge in [-0.05, 0) is 32.9 Å². The van der Waals surface area contributed by atoms with E-state index in [1.807, 2.05) is 7.05 Å². The number of carbonyl (C=O) groups is 1. The lowest BCUT2D eigenvalue weighted by Crippen LogP contribution is -2.40. The van der Waals surface area contributed by atoms with Gasteiger partial charge in [-0.3, -0.25) is 4.79 Å². The van der Waals surface area contributed by atoms with Gasteiger partial charge in [0.2, 0.25) is 5.91 Å². The van der Waals surface area contributed by atoms with Crippen LogP contribution in [0.4, 0.5) is 0 Å². The molecule has 0 fully saturated rings. The number of hydrogen-bond acceptors (Lipinski definition) is 3. The first-order valence-electron chi connectivity index (χ1n) is 6.90. The van der Waals surface area contributed by atoms with Crippen molar-refractivity contribution in [1.82, 2.24) is 10.6 Å². The van der Waals surface area contributed by atoms with E-state index in [0.717, 1.165) is 38.8 Å². The van der Waals surface area contributed by atoms with Gasteiger partial charge in [-0.25, -0.2) is 0 Å². The van der Waals surface area contributed by atoms with E-state index < -0.39 is 0 Å². The van der Waals surface area contributed by atoms with Gasteiger partial charge in [0, 0.05) is 6.54 Å². The van der Waals surface area contributed by atoms with Gasteiger partial charge in [0.05, 0.1) is 6.04 Å². The first-order chi connectivity index (χ1) is 8.22. The minimum Gasteiger partial charge on any atom is -0.355 e. The monoisotopic (exact) mass is 243 g/mol. The van der Waals surface area contributed by atoms with E-state index in [4.69, 9.17) is 5.73 Å². The zero-order valence-electron chi connectivity index (χ0n) is 11.4. The topological polar surface area (TPSA) is 67.2 Å². The maximum absolute atomic E-state index is 11.6. The van der Waals surface area contributed by atoms with Gasteiger partial charge in [-0.1, -0.05) is 32.6 Å². The predicted molar refractivity (Wildman–Crippen MR) is 72.9 cm³/mol. The summed E-state index contributed by atoms with van der Waals surface area (Å²) in [5, 5.41) is 5.99. The molecule has 0 saturated heterocycles. The second-order valence-corrected chi connectivity index (χ2v) is 4.56. The number of nitrogens with one attached hydrogen (secondary N) is 2. The summed E-state index contributed by atoms with van der Waals surface area (Å²) < 4.78 is 0. The molecular weight excluding hydrogens is 214 g/mol. The highest BCUT2D eigenvalue weighted by molar-refractivity contribution is 5.81. The summed E-state index contributed by atoms with van der Waals surface area (Å²) in [4.78, 5) is 11.6. The van der Waals surface area contributed by atoms with Crippen molar-refractivity contribution in [2.24, 2.45) is 5.73 Å². The van der Waals surface area contributed by atoms with Crippen molar-refractivity contribution in [3.8, 4) is 0 Å². The number of rotatable bonds is 11. The van der Waals surface area contributed by atoms with E-state index >= 15 is 0 Å². The summed E-state index contributed by atoms with van der Waals surface area (Å²) >= 11 is 0. The van der Waals surface area contributed by atoms with Crippen LogP contribution in [0.3, 0.4) is 0 Å². The Labute approximate surface area is 106 Å². The van der Waals surface area contributed by atoms with Crippen molar-refractivity contribution in [2.75, 3.05) is 20.1 Å². The highest BCUT2D eigenvalue weighted by Gasteiger charge is 2.11. The fourth-order valence-corrected chi connectivity index (χ4v) is 1.69. The summed E-state index contributed by atoms with van der Waals surface area (Å²) in [7, 11) is 1.93. The van der Waals surface area contributed by atoms with Gasteiger partial charge >= 0.3 is 0 Å². The second kappa shape index (κ2) is 11.9. The molecule has 17 heavy (non-hydrogen) atoms. The number of carbonyl (C=O) groups excluding carboxylic acids is 1. The Hall–Kier alpha value is -0.610. The molecule has 4 N–H and O–H groups in total. The molecule has 0 aromatic carbocycles. The summed E-state index contributed by atoms with van der Waals surface area (Å²) in [5.41, 5.74) is 5.81. The molecule has 4 heteroatoms. The molecule has 0 aromatic rings. The van der Waals surface area contributed by atoms with Gasteiger partial charge in [0.25, 0.3) is 0 Å². The number of hydrogen-bond donors (Lipinski definition) is 3. The van der Waals surface area contributed by atoms with Gasteiger partial charge in [-0.2, -0.15) is 0 Å². The third kappa shape index (κ3) is 10.3. The van der Waals surface area contributed by atoms with E-state index in [2.05, 4.69) is 17.6 Å². The van der Waals surface area contributed by atoms with E-state index in [0.29, 0.717) is 0 Å². The van der Waals surface area contributed by atoms with Crippen molar-refractivity contribution in [3.05, 3.63) is 0 Å². The van der Waals surface area contributed by atoms with Gasteiger partial charge < -0.3 is 16.4 Å². The van der Waals surface area contributed by atoms with Crippen LogP contribution in [0.2, 0.25) is 0 Å². The standard InChI is InChI=1S/C13H29N3O/c1-3-4-5-7-11-16-13(17)12(14)9-6-8-10-15-2/h12,15H,3-11,14H2,1-2H3,(H,16,17). The fourth-order valence-electron chi connectivity index (χ4n) is 1.69. The Morgan fingerprint density at radius 2 is 1.82 bits per heavy atom. The molecule has 0 rings (SSSR count). The van der Waals surface area contributed by atoms with E-state index in [1.54, 1.807) is 0 Å². The zero-order chi connectivity index (χ0) is 12.9. The lowest BCUT2D eigenvalue weighted by Gasteiger charge is -2.12. The first kappa shape index (κ1) is 16.4. The Kier molecular flexibility index (Phi) is 11.4. The molecule has 0 radical (unpaired) electrons. The van der Waals surface area contributed by atoms with Gasteiger partial charge in [0.15, 0.2) is 0 Å². The summed E-state index contributed by atoms with van der Waals surface area (Å²) in [6.07, 6.45) is 7.58. The number of amides is 1. The van der Waals surface area contributed by atoms with Crippen LogP contribution in [0, 0.1) is 0 Å². The molecule has 4 nitrogen and oxygen atoms in total. The van der Waals surface area contributed by atoms with Crippen molar-refractivity contribution in [2.45, 2.75) is 57.9 Å². The van der Waals surface area contributed by atoms with E-state index in [9.17, 15) is 4.79 Å². The third-order valence-corrected chi connectivity index (χ3v) is 2.86. The highest BCUT2D eigenvalue weighted by Crippen LogP contribution is 2.00. The molecule has 0 aliphatic rings. The van der Waals surface area contributed by atoms with Gasteiger partial charge in [0.1, 0.15) is 0 Å². The minimum atomic E-state index is -0.335. The Morgan fingerprint density at radius 1 is 1.12 bits per heavy atom. The molecule has 102 valence electrons. The zero-order valence-corrected chi connectivity index (χ0v) is 11.4. The summed E-state index contributed by atoms with van der Waals surface area (Å²) in [5.74, 6) is 0.00551. The average Bonchev–Trinajstić information content (AvgIpc) is 2.34. The Bertz CT molecular complexity index is 186. The molecule has 0 spiro atoms. The first-order valence-corrected chi connectivity index (χ1v) is 6.90. The van der Waals surface area contributed by atoms with Crippen LogP contribution in [0.25, 0.3) is 0 Å². The normalized spacial score (nSPS) is 12.4. The SMILES string of the molecule is CCCCCCNC(=O)C(N)CCCCNC. The molecule has 1 atom stereocenters. The van der Waals surface area contributed by atoms with Crippen LogP contribution in [-0.2, 0) is 4.79 Å². The average molecular weight is 243 g/mol. The lowest BCUT2D eigenvalue weighted by molar-refractivity contribution is -0.122.